The van der Waals surface area contributed by atoms with Crippen molar-refractivity contribution in [2.45, 2.75) is 25.3 Å². The van der Waals surface area contributed by atoms with E-state index in [4.69, 9.17) is 0 Å². The number of benzene rings is 1. The minimum Gasteiger partial charge on any atom is -0.340 e. The van der Waals surface area contributed by atoms with Gasteiger partial charge < -0.3 is 9.88 Å². The number of amides is 1. The van der Waals surface area contributed by atoms with Crippen LogP contribution in [0.4, 0.5) is 4.39 Å². The van der Waals surface area contributed by atoms with Gasteiger partial charge in [-0.15, -0.1) is 0 Å². The van der Waals surface area contributed by atoms with Gasteiger partial charge in [0.25, 0.3) is 5.91 Å². The van der Waals surface area contributed by atoms with Gasteiger partial charge >= 0.3 is 0 Å². The fourth-order valence-corrected chi connectivity index (χ4v) is 3.75. The van der Waals surface area contributed by atoms with Crippen molar-refractivity contribution in [1.82, 2.24) is 29.5 Å². The summed E-state index contributed by atoms with van der Waals surface area (Å²) in [6, 6.07) is 6.05. The molecular formula is C19H17FN6O. The fourth-order valence-electron chi connectivity index (χ4n) is 3.75. The molecule has 1 amide bonds. The lowest BCUT2D eigenvalue weighted by molar-refractivity contribution is 0.0603. The fraction of sp³-hybridized carbons (Fsp3) is 0.263. The number of rotatable bonds is 2. The lowest BCUT2D eigenvalue weighted by Crippen LogP contribution is -2.39. The van der Waals surface area contributed by atoms with Crippen molar-refractivity contribution < 1.29 is 9.18 Å². The Morgan fingerprint density at radius 2 is 2.22 bits per heavy atom. The molecule has 1 atom stereocenters. The average Bonchev–Trinajstić information content (AvgIpc) is 3.31. The molecule has 5 rings (SSSR count). The third kappa shape index (κ3) is 2.64. The normalized spacial score (nSPS) is 17.7. The van der Waals surface area contributed by atoms with Crippen molar-refractivity contribution in [3.05, 3.63) is 60.1 Å². The summed E-state index contributed by atoms with van der Waals surface area (Å²) in [7, 11) is 0. The number of fused-ring (bicyclic) bond motifs is 2. The van der Waals surface area contributed by atoms with E-state index in [1.165, 1.54) is 12.1 Å². The van der Waals surface area contributed by atoms with Crippen LogP contribution in [0.1, 0.15) is 41.5 Å². The van der Waals surface area contributed by atoms with E-state index in [9.17, 15) is 9.18 Å². The predicted molar refractivity (Wildman–Crippen MR) is 96.7 cm³/mol. The van der Waals surface area contributed by atoms with Gasteiger partial charge in [0.2, 0.25) is 0 Å². The van der Waals surface area contributed by atoms with Gasteiger partial charge in [0.1, 0.15) is 17.2 Å². The van der Waals surface area contributed by atoms with E-state index in [0.29, 0.717) is 34.6 Å². The van der Waals surface area contributed by atoms with Crippen LogP contribution in [0.3, 0.4) is 0 Å². The van der Waals surface area contributed by atoms with Gasteiger partial charge in [0.05, 0.1) is 23.3 Å². The second-order valence-electron chi connectivity index (χ2n) is 6.74. The van der Waals surface area contributed by atoms with E-state index in [0.717, 1.165) is 19.3 Å². The van der Waals surface area contributed by atoms with Gasteiger partial charge in [0, 0.05) is 18.9 Å². The molecule has 0 saturated carbocycles. The molecule has 0 radical (unpaired) electrons. The molecular weight excluding hydrogens is 347 g/mol. The van der Waals surface area contributed by atoms with Crippen LogP contribution < -0.4 is 0 Å². The molecule has 1 unspecified atom stereocenters. The smallest absolute Gasteiger partial charge is 0.259 e. The van der Waals surface area contributed by atoms with Gasteiger partial charge in [-0.1, -0.05) is 0 Å². The molecule has 0 spiro atoms. The molecule has 7 nitrogen and oxygen atoms in total. The van der Waals surface area contributed by atoms with Crippen LogP contribution in [0.15, 0.2) is 42.9 Å². The summed E-state index contributed by atoms with van der Waals surface area (Å²) < 4.78 is 15.1. The van der Waals surface area contributed by atoms with Crippen molar-refractivity contribution in [3.63, 3.8) is 0 Å². The van der Waals surface area contributed by atoms with E-state index in [2.05, 4.69) is 20.1 Å². The van der Waals surface area contributed by atoms with Crippen LogP contribution in [0.2, 0.25) is 0 Å². The number of carbonyl (C=O) groups is 1. The number of carbonyl (C=O) groups excluding carboxylic acids is 1. The summed E-state index contributed by atoms with van der Waals surface area (Å²) in [5.41, 5.74) is 2.35. The van der Waals surface area contributed by atoms with E-state index in [-0.39, 0.29) is 17.8 Å². The van der Waals surface area contributed by atoms with Crippen LogP contribution in [0.5, 0.6) is 0 Å². The minimum atomic E-state index is -0.313. The van der Waals surface area contributed by atoms with Crippen molar-refractivity contribution >= 4 is 22.6 Å². The molecule has 1 N–H and O–H groups in total. The maximum absolute atomic E-state index is 13.5. The summed E-state index contributed by atoms with van der Waals surface area (Å²) in [4.78, 5) is 27.2. The quantitative estimate of drug-likeness (QED) is 0.593. The molecule has 27 heavy (non-hydrogen) atoms. The monoisotopic (exact) mass is 364 g/mol. The Bertz CT molecular complexity index is 1150. The number of piperidine rings is 1. The molecule has 4 aromatic rings. The van der Waals surface area contributed by atoms with Crippen LogP contribution in [-0.4, -0.2) is 41.9 Å². The summed E-state index contributed by atoms with van der Waals surface area (Å²) in [6.07, 6.45) is 7.72. The number of hydrogen-bond acceptors (Lipinski definition) is 4. The van der Waals surface area contributed by atoms with Crippen molar-refractivity contribution in [3.8, 4) is 0 Å². The second-order valence-corrected chi connectivity index (χ2v) is 6.74. The van der Waals surface area contributed by atoms with Gasteiger partial charge in [-0.25, -0.2) is 18.9 Å². The Kier molecular flexibility index (Phi) is 3.63. The van der Waals surface area contributed by atoms with E-state index < -0.39 is 0 Å². The van der Waals surface area contributed by atoms with Gasteiger partial charge in [0.15, 0.2) is 5.65 Å². The first-order valence-electron chi connectivity index (χ1n) is 8.95. The van der Waals surface area contributed by atoms with Crippen LogP contribution in [0, 0.1) is 5.82 Å². The lowest BCUT2D eigenvalue weighted by atomic mass is 10.0. The molecule has 1 fully saturated rings. The number of aromatic nitrogens is 5. The van der Waals surface area contributed by atoms with Crippen LogP contribution in [0.25, 0.3) is 16.7 Å². The molecule has 0 bridgehead atoms. The zero-order chi connectivity index (χ0) is 18.4. The molecule has 0 aliphatic carbocycles. The lowest BCUT2D eigenvalue weighted by Gasteiger charge is -2.34. The first kappa shape index (κ1) is 15.9. The molecule has 3 aromatic heterocycles. The first-order valence-corrected chi connectivity index (χ1v) is 8.95. The Hall–Kier alpha value is -3.29. The Morgan fingerprint density at radius 3 is 3.15 bits per heavy atom. The highest BCUT2D eigenvalue weighted by Crippen LogP contribution is 2.32. The van der Waals surface area contributed by atoms with E-state index in [1.54, 1.807) is 35.2 Å². The maximum atomic E-state index is 13.5. The highest BCUT2D eigenvalue weighted by Gasteiger charge is 2.32. The van der Waals surface area contributed by atoms with E-state index in [1.807, 2.05) is 4.90 Å². The summed E-state index contributed by atoms with van der Waals surface area (Å²) in [5, 5.41) is 4.22. The van der Waals surface area contributed by atoms with Gasteiger partial charge in [-0.2, -0.15) is 5.10 Å². The topological polar surface area (TPSA) is 79.2 Å². The van der Waals surface area contributed by atoms with Crippen molar-refractivity contribution in [2.75, 3.05) is 6.54 Å². The van der Waals surface area contributed by atoms with Crippen LogP contribution >= 0.6 is 0 Å². The molecule has 8 heteroatoms. The van der Waals surface area contributed by atoms with Gasteiger partial charge in [-0.05, 0) is 43.5 Å². The van der Waals surface area contributed by atoms with E-state index >= 15 is 0 Å². The molecule has 1 saturated heterocycles. The maximum Gasteiger partial charge on any atom is 0.259 e. The average molecular weight is 364 g/mol. The Balaban J connectivity index is 1.54. The highest BCUT2D eigenvalue weighted by molar-refractivity contribution is 5.99. The Morgan fingerprint density at radius 1 is 1.30 bits per heavy atom. The van der Waals surface area contributed by atoms with Crippen molar-refractivity contribution in [1.29, 1.82) is 0 Å². The molecule has 136 valence electrons. The molecule has 4 heterocycles. The standard InChI is InChI=1S/C19H17FN6O/c20-12-5-6-14-15(10-12)24-17(23-14)16-4-1-2-8-25(16)19(27)13-11-22-26-9-3-7-21-18(13)26/h3,5-7,9-11,16H,1-2,4,8H2,(H,23,24). The Labute approximate surface area is 153 Å². The number of hydrogen-bond donors (Lipinski definition) is 1. The van der Waals surface area contributed by atoms with Crippen molar-refractivity contribution in [2.24, 2.45) is 0 Å². The molecule has 1 aliphatic rings. The third-order valence-electron chi connectivity index (χ3n) is 5.05. The van der Waals surface area contributed by atoms with Gasteiger partial charge in [-0.3, -0.25) is 4.79 Å². The zero-order valence-electron chi connectivity index (χ0n) is 14.5. The number of H-pyrrole nitrogens is 1. The summed E-state index contributed by atoms with van der Waals surface area (Å²) >= 11 is 0. The summed E-state index contributed by atoms with van der Waals surface area (Å²) in [5.74, 6) is 0.264. The zero-order valence-corrected chi connectivity index (χ0v) is 14.5. The number of imidazole rings is 1. The molecule has 1 aromatic carbocycles. The number of nitrogens with zero attached hydrogens (tertiary/aromatic N) is 5. The number of likely N-dealkylation sites (tertiary alicyclic amines) is 1. The van der Waals surface area contributed by atoms with Crippen LogP contribution in [-0.2, 0) is 0 Å². The minimum absolute atomic E-state index is 0.111. The first-order chi connectivity index (χ1) is 13.2. The summed E-state index contributed by atoms with van der Waals surface area (Å²) in [6.45, 7) is 0.638. The highest BCUT2D eigenvalue weighted by atomic mass is 19.1. The SMILES string of the molecule is O=C(c1cnn2cccnc12)N1CCCCC1c1nc2ccc(F)cc2[nH]1. The largest absolute Gasteiger partial charge is 0.340 e. The second kappa shape index (κ2) is 6.15. The number of halogens is 1. The number of nitrogens with one attached hydrogen (secondary N) is 1. The molecule has 1 aliphatic heterocycles. The predicted octanol–water partition coefficient (Wildman–Crippen LogP) is 3.11. The number of aromatic amines is 1. The third-order valence-corrected chi connectivity index (χ3v) is 5.05.